The SMILES string of the molecule is C=C(C)[C@@H](C)F. The highest BCUT2D eigenvalue weighted by molar-refractivity contribution is 4.93. The van der Waals surface area contributed by atoms with Crippen LogP contribution in [0.4, 0.5) is 4.39 Å². The van der Waals surface area contributed by atoms with Crippen LogP contribution in [0, 0.1) is 0 Å². The molecule has 0 fully saturated rings. The van der Waals surface area contributed by atoms with E-state index in [1.165, 1.54) is 6.92 Å². The zero-order valence-corrected chi connectivity index (χ0v) is 4.16. The maximum atomic E-state index is 11.7. The van der Waals surface area contributed by atoms with Crippen molar-refractivity contribution in [2.45, 2.75) is 20.0 Å². The van der Waals surface area contributed by atoms with Gasteiger partial charge in [-0.15, -0.1) is 0 Å². The predicted octanol–water partition coefficient (Wildman–Crippen LogP) is 1.92. The number of halogens is 1. The smallest absolute Gasteiger partial charge is 0.118 e. The Labute approximate surface area is 37.7 Å². The van der Waals surface area contributed by atoms with Crippen molar-refractivity contribution in [1.29, 1.82) is 0 Å². The van der Waals surface area contributed by atoms with Crippen LogP contribution in [0.25, 0.3) is 0 Å². The fraction of sp³-hybridized carbons (Fsp3) is 0.600. The molecule has 0 radical (unpaired) electrons. The minimum absolute atomic E-state index is 0.593. The molecule has 1 heteroatoms. The topological polar surface area (TPSA) is 0 Å². The van der Waals surface area contributed by atoms with Crippen LogP contribution in [0.3, 0.4) is 0 Å². The van der Waals surface area contributed by atoms with E-state index in [-0.39, 0.29) is 0 Å². The molecule has 0 aliphatic heterocycles. The first-order valence-electron chi connectivity index (χ1n) is 1.94. The summed E-state index contributed by atoms with van der Waals surface area (Å²) >= 11 is 0. The van der Waals surface area contributed by atoms with Crippen LogP contribution in [0.5, 0.6) is 0 Å². The zero-order valence-electron chi connectivity index (χ0n) is 4.16. The van der Waals surface area contributed by atoms with Gasteiger partial charge < -0.3 is 0 Å². The van der Waals surface area contributed by atoms with Crippen molar-refractivity contribution in [3.63, 3.8) is 0 Å². The number of alkyl halides is 1. The molecular formula is C5H9F. The minimum Gasteiger partial charge on any atom is -0.243 e. The van der Waals surface area contributed by atoms with Crippen LogP contribution >= 0.6 is 0 Å². The van der Waals surface area contributed by atoms with Gasteiger partial charge in [0.2, 0.25) is 0 Å². The van der Waals surface area contributed by atoms with Gasteiger partial charge in [0.1, 0.15) is 6.17 Å². The fourth-order valence-electron chi connectivity index (χ4n) is 0. The summed E-state index contributed by atoms with van der Waals surface area (Å²) in [6.07, 6.45) is -0.843. The fourth-order valence-corrected chi connectivity index (χ4v) is 0. The molecule has 0 aliphatic carbocycles. The predicted molar refractivity (Wildman–Crippen MR) is 25.4 cm³/mol. The molecule has 0 aliphatic rings. The summed E-state index contributed by atoms with van der Waals surface area (Å²) in [6.45, 7) is 6.53. The van der Waals surface area contributed by atoms with Gasteiger partial charge in [-0.05, 0) is 19.4 Å². The molecule has 0 unspecified atom stereocenters. The Hall–Kier alpha value is -0.330. The van der Waals surface area contributed by atoms with E-state index < -0.39 is 6.17 Å². The Morgan fingerprint density at radius 2 is 2.00 bits per heavy atom. The van der Waals surface area contributed by atoms with Crippen molar-refractivity contribution in [2.24, 2.45) is 0 Å². The second-order valence-electron chi connectivity index (χ2n) is 1.46. The lowest BCUT2D eigenvalue weighted by atomic mass is 10.2. The van der Waals surface area contributed by atoms with Crippen molar-refractivity contribution in [2.75, 3.05) is 0 Å². The molecule has 0 aromatic carbocycles. The lowest BCUT2D eigenvalue weighted by molar-refractivity contribution is 0.412. The normalized spacial score (nSPS) is 13.8. The van der Waals surface area contributed by atoms with Crippen molar-refractivity contribution in [1.82, 2.24) is 0 Å². The van der Waals surface area contributed by atoms with Crippen LogP contribution in [-0.4, -0.2) is 6.17 Å². The van der Waals surface area contributed by atoms with Gasteiger partial charge in [-0.1, -0.05) is 6.58 Å². The maximum Gasteiger partial charge on any atom is 0.118 e. The Kier molecular flexibility index (Phi) is 1.85. The van der Waals surface area contributed by atoms with Crippen LogP contribution in [0.2, 0.25) is 0 Å². The molecule has 0 spiro atoms. The van der Waals surface area contributed by atoms with E-state index in [0.29, 0.717) is 5.57 Å². The van der Waals surface area contributed by atoms with E-state index in [2.05, 4.69) is 6.58 Å². The molecule has 0 aromatic heterocycles. The number of hydrogen-bond donors (Lipinski definition) is 0. The molecule has 0 nitrogen and oxygen atoms in total. The van der Waals surface area contributed by atoms with E-state index in [4.69, 9.17) is 0 Å². The molecule has 0 heterocycles. The van der Waals surface area contributed by atoms with Crippen LogP contribution in [0.15, 0.2) is 12.2 Å². The Morgan fingerprint density at radius 1 is 1.83 bits per heavy atom. The van der Waals surface area contributed by atoms with Crippen molar-refractivity contribution in [3.05, 3.63) is 12.2 Å². The van der Waals surface area contributed by atoms with Gasteiger partial charge in [0.05, 0.1) is 0 Å². The summed E-state index contributed by atoms with van der Waals surface area (Å²) in [5.74, 6) is 0. The largest absolute Gasteiger partial charge is 0.243 e. The molecule has 6 heavy (non-hydrogen) atoms. The van der Waals surface area contributed by atoms with Gasteiger partial charge >= 0.3 is 0 Å². The molecule has 0 saturated heterocycles. The van der Waals surface area contributed by atoms with E-state index in [1.807, 2.05) is 0 Å². The Bertz CT molecular complexity index is 55.0. The van der Waals surface area contributed by atoms with Gasteiger partial charge in [0.15, 0.2) is 0 Å². The minimum atomic E-state index is -0.843. The molecular weight excluding hydrogens is 79.1 g/mol. The molecule has 0 bridgehead atoms. The molecule has 36 valence electrons. The molecule has 0 saturated carbocycles. The highest BCUT2D eigenvalue weighted by Gasteiger charge is 1.92. The van der Waals surface area contributed by atoms with Crippen LogP contribution in [0.1, 0.15) is 13.8 Å². The van der Waals surface area contributed by atoms with Gasteiger partial charge in [0.25, 0.3) is 0 Å². The quantitative estimate of drug-likeness (QED) is 0.429. The first kappa shape index (κ1) is 5.67. The van der Waals surface area contributed by atoms with Crippen LogP contribution < -0.4 is 0 Å². The third kappa shape index (κ3) is 1.94. The lowest BCUT2D eigenvalue weighted by Gasteiger charge is -1.93. The maximum absolute atomic E-state index is 11.7. The summed E-state index contributed by atoms with van der Waals surface area (Å²) in [5.41, 5.74) is 0.593. The van der Waals surface area contributed by atoms with Crippen molar-refractivity contribution in [3.8, 4) is 0 Å². The molecule has 1 atom stereocenters. The van der Waals surface area contributed by atoms with Gasteiger partial charge in [0, 0.05) is 0 Å². The Balaban J connectivity index is 3.26. The first-order valence-corrected chi connectivity index (χ1v) is 1.94. The summed E-state index contributed by atoms with van der Waals surface area (Å²) in [4.78, 5) is 0. The zero-order chi connectivity index (χ0) is 5.15. The molecule has 0 amide bonds. The third-order valence-corrected chi connectivity index (χ3v) is 0.679. The van der Waals surface area contributed by atoms with Gasteiger partial charge in [-0.2, -0.15) is 0 Å². The number of hydrogen-bond acceptors (Lipinski definition) is 0. The average molecular weight is 88.1 g/mol. The Morgan fingerprint density at radius 3 is 2.00 bits per heavy atom. The standard InChI is InChI=1S/C5H9F/c1-4(2)5(3)6/h5H,1H2,2-3H3/t5-/m1/s1. The summed E-state index contributed by atoms with van der Waals surface area (Å²) in [5, 5.41) is 0. The number of allylic oxidation sites excluding steroid dienone is 1. The van der Waals surface area contributed by atoms with E-state index in [0.717, 1.165) is 0 Å². The van der Waals surface area contributed by atoms with E-state index in [1.54, 1.807) is 6.92 Å². The highest BCUT2D eigenvalue weighted by atomic mass is 19.1. The summed E-state index contributed by atoms with van der Waals surface area (Å²) in [6, 6.07) is 0. The lowest BCUT2D eigenvalue weighted by Crippen LogP contribution is -1.89. The monoisotopic (exact) mass is 88.1 g/mol. The third-order valence-electron chi connectivity index (χ3n) is 0.679. The number of rotatable bonds is 1. The second-order valence-corrected chi connectivity index (χ2v) is 1.46. The van der Waals surface area contributed by atoms with Gasteiger partial charge in [-0.3, -0.25) is 0 Å². The van der Waals surface area contributed by atoms with Crippen LogP contribution in [-0.2, 0) is 0 Å². The summed E-state index contributed by atoms with van der Waals surface area (Å²) < 4.78 is 11.7. The summed E-state index contributed by atoms with van der Waals surface area (Å²) in [7, 11) is 0. The molecule has 0 rings (SSSR count). The molecule has 0 aromatic rings. The van der Waals surface area contributed by atoms with E-state index >= 15 is 0 Å². The van der Waals surface area contributed by atoms with E-state index in [9.17, 15) is 4.39 Å². The highest BCUT2D eigenvalue weighted by Crippen LogP contribution is 1.98. The second kappa shape index (κ2) is 1.96. The van der Waals surface area contributed by atoms with Crippen molar-refractivity contribution >= 4 is 0 Å². The average Bonchev–Trinajstić information content (AvgIpc) is 1.36. The van der Waals surface area contributed by atoms with Gasteiger partial charge in [-0.25, -0.2) is 4.39 Å². The molecule has 0 N–H and O–H groups in total. The van der Waals surface area contributed by atoms with Crippen molar-refractivity contribution < 1.29 is 4.39 Å². The first-order chi connectivity index (χ1) is 2.64.